The molecule has 5 rings (SSSR count). The lowest BCUT2D eigenvalue weighted by Gasteiger charge is -2.25. The van der Waals surface area contributed by atoms with E-state index in [0.717, 1.165) is 22.3 Å². The zero-order chi connectivity index (χ0) is 25.8. The highest BCUT2D eigenvalue weighted by Gasteiger charge is 2.46. The summed E-state index contributed by atoms with van der Waals surface area (Å²) in [5, 5.41) is 11.4. The van der Waals surface area contributed by atoms with E-state index < -0.39 is 17.7 Å². The van der Waals surface area contributed by atoms with E-state index in [1.165, 1.54) is 4.90 Å². The van der Waals surface area contributed by atoms with Gasteiger partial charge < -0.3 is 14.7 Å². The van der Waals surface area contributed by atoms with Crippen LogP contribution in [0.3, 0.4) is 0 Å². The van der Waals surface area contributed by atoms with Gasteiger partial charge in [0.05, 0.1) is 11.6 Å². The summed E-state index contributed by atoms with van der Waals surface area (Å²) in [6.07, 6.45) is 3.32. The van der Waals surface area contributed by atoms with E-state index in [-0.39, 0.29) is 17.9 Å². The molecule has 1 fully saturated rings. The minimum absolute atomic E-state index is 0.0671. The molecule has 0 spiro atoms. The highest BCUT2D eigenvalue weighted by atomic mass is 16.5. The molecule has 1 amide bonds. The van der Waals surface area contributed by atoms with Gasteiger partial charge in [-0.2, -0.15) is 0 Å². The predicted octanol–water partition coefficient (Wildman–Crippen LogP) is 5.59. The number of ether oxygens (including phenoxy) is 1. The standard InChI is InChI=1S/C31H26N2O4/c1-21-17-25(14-15-26(21)37-20-22-9-4-2-5-10-22)29(34)27-28(24-12-6-3-7-13-24)33(31(36)30(27)35)19-23-11-8-16-32-18-23/h2-18,28,34H,19-20H2,1H3/b29-27-. The Kier molecular flexibility index (Phi) is 6.81. The molecule has 184 valence electrons. The van der Waals surface area contributed by atoms with Crippen LogP contribution in [-0.4, -0.2) is 26.7 Å². The predicted molar refractivity (Wildman–Crippen MR) is 140 cm³/mol. The topological polar surface area (TPSA) is 79.7 Å². The van der Waals surface area contributed by atoms with Gasteiger partial charge in [-0.15, -0.1) is 0 Å². The van der Waals surface area contributed by atoms with Crippen LogP contribution in [0.15, 0.2) is 109 Å². The average Bonchev–Trinajstić information content (AvgIpc) is 3.18. The summed E-state index contributed by atoms with van der Waals surface area (Å²) in [6, 6.07) is 27.3. The number of carbonyl (C=O) groups is 2. The highest BCUT2D eigenvalue weighted by Crippen LogP contribution is 2.40. The number of Topliss-reactive ketones (excluding diaryl/α,β-unsaturated/α-hetero) is 1. The maximum Gasteiger partial charge on any atom is 0.295 e. The molecule has 4 aromatic rings. The van der Waals surface area contributed by atoms with E-state index in [0.29, 0.717) is 17.9 Å². The molecule has 3 aromatic carbocycles. The monoisotopic (exact) mass is 490 g/mol. The van der Waals surface area contributed by atoms with Crippen LogP contribution in [-0.2, 0) is 22.7 Å². The van der Waals surface area contributed by atoms with Crippen molar-refractivity contribution < 1.29 is 19.4 Å². The van der Waals surface area contributed by atoms with E-state index >= 15 is 0 Å². The van der Waals surface area contributed by atoms with Crippen molar-refractivity contribution >= 4 is 17.4 Å². The first kappa shape index (κ1) is 24.0. The van der Waals surface area contributed by atoms with Gasteiger partial charge in [0.25, 0.3) is 11.7 Å². The third kappa shape index (κ3) is 5.00. The molecule has 37 heavy (non-hydrogen) atoms. The number of ketones is 1. The van der Waals surface area contributed by atoms with Crippen LogP contribution in [0.5, 0.6) is 5.75 Å². The van der Waals surface area contributed by atoms with Crippen molar-refractivity contribution in [2.24, 2.45) is 0 Å². The third-order valence-corrected chi connectivity index (χ3v) is 6.42. The van der Waals surface area contributed by atoms with Crippen molar-refractivity contribution in [3.8, 4) is 5.75 Å². The van der Waals surface area contributed by atoms with Gasteiger partial charge in [0, 0.05) is 24.5 Å². The number of pyridine rings is 1. The lowest BCUT2D eigenvalue weighted by Crippen LogP contribution is -2.29. The summed E-state index contributed by atoms with van der Waals surface area (Å²) in [5.41, 5.74) is 3.90. The number of hydrogen-bond acceptors (Lipinski definition) is 5. The maximum absolute atomic E-state index is 13.3. The Morgan fingerprint density at radius 3 is 2.30 bits per heavy atom. The second-order valence-corrected chi connectivity index (χ2v) is 8.95. The first-order valence-corrected chi connectivity index (χ1v) is 12.0. The Labute approximate surface area is 215 Å². The Balaban J connectivity index is 1.50. The molecule has 6 nitrogen and oxygen atoms in total. The second-order valence-electron chi connectivity index (χ2n) is 8.95. The van der Waals surface area contributed by atoms with Crippen molar-refractivity contribution in [2.45, 2.75) is 26.1 Å². The number of amides is 1. The molecule has 1 N–H and O–H groups in total. The van der Waals surface area contributed by atoms with Crippen LogP contribution in [0.25, 0.3) is 5.76 Å². The van der Waals surface area contributed by atoms with Crippen molar-refractivity contribution in [3.05, 3.63) is 137 Å². The Hall–Kier alpha value is -4.71. The van der Waals surface area contributed by atoms with Crippen LogP contribution in [0.4, 0.5) is 0 Å². The zero-order valence-corrected chi connectivity index (χ0v) is 20.4. The van der Waals surface area contributed by atoms with Crippen LogP contribution in [0.2, 0.25) is 0 Å². The fourth-order valence-corrected chi connectivity index (χ4v) is 4.56. The Bertz CT molecular complexity index is 1450. The van der Waals surface area contributed by atoms with Crippen molar-refractivity contribution in [1.82, 2.24) is 9.88 Å². The third-order valence-electron chi connectivity index (χ3n) is 6.42. The summed E-state index contributed by atoms with van der Waals surface area (Å²) in [4.78, 5) is 32.1. The number of aromatic nitrogens is 1. The number of aryl methyl sites for hydroxylation is 1. The van der Waals surface area contributed by atoms with Crippen molar-refractivity contribution in [1.29, 1.82) is 0 Å². The molecule has 0 saturated carbocycles. The number of likely N-dealkylation sites (tertiary alicyclic amines) is 1. The van der Waals surface area contributed by atoms with Gasteiger partial charge in [-0.05, 0) is 53.4 Å². The minimum Gasteiger partial charge on any atom is -0.507 e. The smallest absolute Gasteiger partial charge is 0.295 e. The van der Waals surface area contributed by atoms with Gasteiger partial charge >= 0.3 is 0 Å². The highest BCUT2D eigenvalue weighted by molar-refractivity contribution is 6.46. The molecule has 0 aliphatic carbocycles. The molecule has 0 bridgehead atoms. The van der Waals surface area contributed by atoms with E-state index in [2.05, 4.69) is 4.98 Å². The lowest BCUT2D eigenvalue weighted by atomic mass is 9.94. The quantitative estimate of drug-likeness (QED) is 0.208. The molecule has 1 atom stereocenters. The number of nitrogens with zero attached hydrogens (tertiary/aromatic N) is 2. The lowest BCUT2D eigenvalue weighted by molar-refractivity contribution is -0.140. The zero-order valence-electron chi connectivity index (χ0n) is 20.4. The fraction of sp³-hybridized carbons (Fsp3) is 0.129. The number of aliphatic hydroxyl groups excluding tert-OH is 1. The minimum atomic E-state index is -0.726. The molecule has 1 aliphatic rings. The van der Waals surface area contributed by atoms with E-state index in [1.807, 2.05) is 73.7 Å². The van der Waals surface area contributed by atoms with Crippen molar-refractivity contribution in [3.63, 3.8) is 0 Å². The summed E-state index contributed by atoms with van der Waals surface area (Å²) in [7, 11) is 0. The van der Waals surface area contributed by atoms with Crippen LogP contribution >= 0.6 is 0 Å². The Morgan fingerprint density at radius 1 is 0.919 bits per heavy atom. The van der Waals surface area contributed by atoms with Gasteiger partial charge in [-0.25, -0.2) is 0 Å². The first-order chi connectivity index (χ1) is 18.0. The fourth-order valence-electron chi connectivity index (χ4n) is 4.56. The number of carbonyl (C=O) groups excluding carboxylic acids is 2. The van der Waals surface area contributed by atoms with Gasteiger partial charge in [-0.3, -0.25) is 14.6 Å². The molecule has 0 radical (unpaired) electrons. The Morgan fingerprint density at radius 2 is 1.62 bits per heavy atom. The largest absolute Gasteiger partial charge is 0.507 e. The normalized spacial score (nSPS) is 16.7. The summed E-state index contributed by atoms with van der Waals surface area (Å²) in [5.74, 6) is -0.897. The summed E-state index contributed by atoms with van der Waals surface area (Å²) >= 11 is 0. The van der Waals surface area contributed by atoms with Gasteiger partial charge in [0.15, 0.2) is 0 Å². The number of benzene rings is 3. The van der Waals surface area contributed by atoms with Gasteiger partial charge in [0.1, 0.15) is 18.1 Å². The van der Waals surface area contributed by atoms with Gasteiger partial charge in [-0.1, -0.05) is 66.7 Å². The van der Waals surface area contributed by atoms with Crippen LogP contribution < -0.4 is 4.74 Å². The number of rotatable bonds is 7. The molecule has 1 aliphatic heterocycles. The van der Waals surface area contributed by atoms with Crippen LogP contribution in [0, 0.1) is 6.92 Å². The van der Waals surface area contributed by atoms with Crippen molar-refractivity contribution in [2.75, 3.05) is 0 Å². The first-order valence-electron chi connectivity index (χ1n) is 12.0. The average molecular weight is 491 g/mol. The SMILES string of the molecule is Cc1cc(/C(O)=C2/C(=O)C(=O)N(Cc3cccnc3)C2c2ccccc2)ccc1OCc1ccccc1. The molecule has 1 aromatic heterocycles. The molecular formula is C31H26N2O4. The van der Waals surface area contributed by atoms with Gasteiger partial charge in [0.2, 0.25) is 0 Å². The summed E-state index contributed by atoms with van der Waals surface area (Å²) in [6.45, 7) is 2.49. The maximum atomic E-state index is 13.3. The number of aliphatic hydroxyl groups is 1. The van der Waals surface area contributed by atoms with E-state index in [9.17, 15) is 14.7 Å². The van der Waals surface area contributed by atoms with Crippen LogP contribution in [0.1, 0.15) is 33.9 Å². The van der Waals surface area contributed by atoms with E-state index in [4.69, 9.17) is 4.74 Å². The molecule has 6 heteroatoms. The summed E-state index contributed by atoms with van der Waals surface area (Å²) < 4.78 is 5.96. The van der Waals surface area contributed by atoms with E-state index in [1.54, 1.807) is 36.7 Å². The molecular weight excluding hydrogens is 464 g/mol. The molecule has 1 saturated heterocycles. The molecule has 2 heterocycles. The molecule has 1 unspecified atom stereocenters. The second kappa shape index (κ2) is 10.5. The number of hydrogen-bond donors (Lipinski definition) is 1.